The lowest BCUT2D eigenvalue weighted by Crippen LogP contribution is -2.62. The van der Waals surface area contributed by atoms with Gasteiger partial charge >= 0.3 is 0 Å². The highest BCUT2D eigenvalue weighted by atomic mass is 32.2. The van der Waals surface area contributed by atoms with Gasteiger partial charge in [-0.2, -0.15) is 0 Å². The zero-order chi connectivity index (χ0) is 41.6. The molecule has 6 heterocycles. The lowest BCUT2D eigenvalue weighted by atomic mass is 9.32. The molecule has 0 saturated carbocycles. The molecule has 10 heteroatoms. The number of anilines is 6. The molecule has 0 spiro atoms. The van der Waals surface area contributed by atoms with Crippen LogP contribution in [0.1, 0.15) is 0 Å². The number of hydrogen-bond donors (Lipinski definition) is 0. The van der Waals surface area contributed by atoms with Crippen LogP contribution >= 0.6 is 23.5 Å². The quantitative estimate of drug-likeness (QED) is 0.159. The maximum Gasteiger partial charge on any atom is 0.253 e. The van der Waals surface area contributed by atoms with E-state index < -0.39 is 0 Å². The Kier molecular flexibility index (Phi) is 7.18. The number of fused-ring (bicyclic) bond motifs is 12. The van der Waals surface area contributed by atoms with Crippen LogP contribution < -0.4 is 61.5 Å². The van der Waals surface area contributed by atoms with E-state index in [1.807, 2.05) is 72.1 Å². The Morgan fingerprint density at radius 1 is 0.297 bits per heavy atom. The van der Waals surface area contributed by atoms with E-state index in [4.69, 9.17) is 18.9 Å². The predicted octanol–water partition coefficient (Wildman–Crippen LogP) is 11.0. The van der Waals surface area contributed by atoms with Gasteiger partial charge in [-0.1, -0.05) is 125 Å². The first-order chi connectivity index (χ1) is 31.7. The van der Waals surface area contributed by atoms with E-state index >= 15 is 0 Å². The summed E-state index contributed by atoms with van der Waals surface area (Å²) in [7, 11) is 0. The van der Waals surface area contributed by atoms with Gasteiger partial charge in [-0.3, -0.25) is 0 Å². The molecule has 15 rings (SSSR count). The molecule has 0 aromatic heterocycles. The van der Waals surface area contributed by atoms with E-state index in [2.05, 4.69) is 143 Å². The number of nitrogens with zero attached hydrogens (tertiary/aromatic N) is 2. The molecule has 0 saturated heterocycles. The first-order valence-corrected chi connectivity index (χ1v) is 23.1. The van der Waals surface area contributed by atoms with Crippen molar-refractivity contribution in [3.8, 4) is 46.0 Å². The highest BCUT2D eigenvalue weighted by Crippen LogP contribution is 2.54. The molecule has 0 unspecified atom stereocenters. The summed E-state index contributed by atoms with van der Waals surface area (Å²) in [5.74, 6) is 6.82. The van der Waals surface area contributed by atoms with Crippen molar-refractivity contribution in [3.63, 3.8) is 0 Å². The first-order valence-electron chi connectivity index (χ1n) is 21.5. The minimum absolute atomic E-state index is 0.0143. The Balaban J connectivity index is 0.919. The van der Waals surface area contributed by atoms with Gasteiger partial charge in [0, 0.05) is 31.7 Å². The van der Waals surface area contributed by atoms with Gasteiger partial charge in [0.25, 0.3) is 13.4 Å². The minimum atomic E-state index is -0.0143. The fourth-order valence-electron chi connectivity index (χ4n) is 10.6. The third-order valence-corrected chi connectivity index (χ3v) is 15.5. The van der Waals surface area contributed by atoms with Gasteiger partial charge in [0.05, 0.1) is 34.1 Å². The second kappa shape index (κ2) is 13.1. The van der Waals surface area contributed by atoms with Gasteiger partial charge in [-0.15, -0.1) is 0 Å². The van der Waals surface area contributed by atoms with Crippen LogP contribution in [0.4, 0.5) is 34.1 Å². The molecule has 9 aromatic rings. The van der Waals surface area contributed by atoms with Gasteiger partial charge in [0.1, 0.15) is 23.0 Å². The topological polar surface area (TPSA) is 43.4 Å². The lowest BCUT2D eigenvalue weighted by Gasteiger charge is -2.38. The molecule has 0 fully saturated rings. The zero-order valence-electron chi connectivity index (χ0n) is 33.8. The number of rotatable bonds is 2. The molecule has 6 aliphatic heterocycles. The minimum Gasteiger partial charge on any atom is -0.458 e. The molecule has 0 N–H and O–H groups in total. The molecule has 0 bridgehead atoms. The Morgan fingerprint density at radius 2 is 0.641 bits per heavy atom. The molecule has 0 amide bonds. The standard InChI is InChI=1S/C54H30B2N2O4S2/c1-7-19-41-33(13-1)55-35-29-36-50(30-49(35)63-51-27-31(25-47(59-41)53(51)55)57-37-15-3-9-21-43(37)61-44-22-10-4-16-38(44)57)64-52-28-32(26-48-54(52)56(36)34-14-2-8-20-42(34)60-48)58-39-17-5-11-23-45(39)62-46-24-12-6-18-40(46)58/h1-30H. The van der Waals surface area contributed by atoms with E-state index in [0.717, 1.165) is 80.1 Å². The monoisotopic (exact) mass is 856 g/mol. The SMILES string of the molecule is c1ccc2c(c1)Oc1cc(N3c4ccccc4Oc4ccccc43)cc3c1B2c1cc2c(cc1S3)Sc1cc(N3c4ccccc4Oc4ccccc43)cc3c1B2c1ccccc1O3. The molecule has 64 heavy (non-hydrogen) atoms. The second-order valence-corrected chi connectivity index (χ2v) is 18.9. The van der Waals surface area contributed by atoms with Crippen molar-refractivity contribution in [3.05, 3.63) is 182 Å². The number of hydrogen-bond acceptors (Lipinski definition) is 8. The van der Waals surface area contributed by atoms with Crippen LogP contribution in [0.5, 0.6) is 46.0 Å². The van der Waals surface area contributed by atoms with Crippen LogP contribution in [0.2, 0.25) is 0 Å². The van der Waals surface area contributed by atoms with Crippen molar-refractivity contribution in [1.29, 1.82) is 0 Å². The van der Waals surface area contributed by atoms with Crippen molar-refractivity contribution in [2.75, 3.05) is 9.80 Å². The Labute approximate surface area is 378 Å². The summed E-state index contributed by atoms with van der Waals surface area (Å²) in [5, 5.41) is 0. The van der Waals surface area contributed by atoms with E-state index in [-0.39, 0.29) is 13.4 Å². The molecule has 6 nitrogen and oxygen atoms in total. The van der Waals surface area contributed by atoms with Gasteiger partial charge < -0.3 is 28.7 Å². The van der Waals surface area contributed by atoms with E-state index in [1.165, 1.54) is 52.4 Å². The maximum atomic E-state index is 6.92. The molecule has 298 valence electrons. The Hall–Kier alpha value is -7.39. The van der Waals surface area contributed by atoms with Gasteiger partial charge in [-0.25, -0.2) is 0 Å². The van der Waals surface area contributed by atoms with Crippen LogP contribution in [0.25, 0.3) is 0 Å². The molecule has 0 aliphatic carbocycles. The first kappa shape index (κ1) is 35.1. The van der Waals surface area contributed by atoms with Crippen LogP contribution in [-0.2, 0) is 0 Å². The molecule has 9 aromatic carbocycles. The van der Waals surface area contributed by atoms with Gasteiger partial charge in [0.2, 0.25) is 0 Å². The van der Waals surface area contributed by atoms with Crippen molar-refractivity contribution < 1.29 is 18.9 Å². The number of para-hydroxylation sites is 10. The molecule has 0 atom stereocenters. The summed E-state index contributed by atoms with van der Waals surface area (Å²) < 4.78 is 26.7. The summed E-state index contributed by atoms with van der Waals surface area (Å²) in [6.07, 6.45) is 0. The highest BCUT2D eigenvalue weighted by Gasteiger charge is 2.45. The zero-order valence-corrected chi connectivity index (χ0v) is 35.5. The number of ether oxygens (including phenoxy) is 4. The largest absolute Gasteiger partial charge is 0.458 e. The summed E-state index contributed by atoms with van der Waals surface area (Å²) in [6, 6.07) is 64.3. The highest BCUT2D eigenvalue weighted by molar-refractivity contribution is 8.01. The van der Waals surface area contributed by atoms with Crippen molar-refractivity contribution >= 4 is 104 Å². The maximum absolute atomic E-state index is 6.92. The molecule has 6 aliphatic rings. The fraction of sp³-hybridized carbons (Fsp3) is 0. The van der Waals surface area contributed by atoms with Crippen LogP contribution in [0.15, 0.2) is 202 Å². The third kappa shape index (κ3) is 4.92. The summed E-state index contributed by atoms with van der Waals surface area (Å²) in [4.78, 5) is 9.50. The predicted molar refractivity (Wildman–Crippen MR) is 259 cm³/mol. The van der Waals surface area contributed by atoms with Gasteiger partial charge in [-0.05, 0) is 101 Å². The van der Waals surface area contributed by atoms with Crippen molar-refractivity contribution in [1.82, 2.24) is 0 Å². The van der Waals surface area contributed by atoms with Crippen molar-refractivity contribution in [2.24, 2.45) is 0 Å². The Morgan fingerprint density at radius 3 is 1.05 bits per heavy atom. The van der Waals surface area contributed by atoms with Crippen LogP contribution in [0.3, 0.4) is 0 Å². The number of benzene rings is 9. The van der Waals surface area contributed by atoms with Gasteiger partial charge in [0.15, 0.2) is 23.0 Å². The summed E-state index contributed by atoms with van der Waals surface area (Å²) in [6.45, 7) is -0.0285. The summed E-state index contributed by atoms with van der Waals surface area (Å²) >= 11 is 3.69. The van der Waals surface area contributed by atoms with Crippen molar-refractivity contribution in [2.45, 2.75) is 19.6 Å². The molecule has 0 radical (unpaired) electrons. The van der Waals surface area contributed by atoms with Crippen LogP contribution in [-0.4, -0.2) is 13.4 Å². The lowest BCUT2D eigenvalue weighted by molar-refractivity contribution is 0.476. The van der Waals surface area contributed by atoms with E-state index in [0.29, 0.717) is 0 Å². The third-order valence-electron chi connectivity index (χ3n) is 13.2. The summed E-state index contributed by atoms with van der Waals surface area (Å²) in [5.41, 5.74) is 13.4. The smallest absolute Gasteiger partial charge is 0.253 e. The van der Waals surface area contributed by atoms with Crippen LogP contribution in [0, 0.1) is 0 Å². The second-order valence-electron chi connectivity index (χ2n) is 16.7. The molecular weight excluding hydrogens is 826 g/mol. The van der Waals surface area contributed by atoms with E-state index in [9.17, 15) is 0 Å². The van der Waals surface area contributed by atoms with E-state index in [1.54, 1.807) is 0 Å². The average molecular weight is 857 g/mol. The fourth-order valence-corrected chi connectivity index (χ4v) is 13.1. The molecular formula is C54H30B2N2O4S2. The Bertz CT molecular complexity index is 3230. The average Bonchev–Trinajstić information content (AvgIpc) is 3.33. The normalized spacial score (nSPS) is 14.5.